The highest BCUT2D eigenvalue weighted by Gasteiger charge is 2.34. The molecule has 2 aromatic carbocycles. The Balaban J connectivity index is 1.51. The predicted octanol–water partition coefficient (Wildman–Crippen LogP) is 3.92. The van der Waals surface area contributed by atoms with Crippen molar-refractivity contribution >= 4 is 46.8 Å². The number of hydrogen-bond acceptors (Lipinski definition) is 4. The van der Waals surface area contributed by atoms with E-state index in [1.54, 1.807) is 54.3 Å². The number of nitrogens with one attached hydrogen (secondary N) is 1. The second kappa shape index (κ2) is 9.82. The van der Waals surface area contributed by atoms with E-state index in [4.69, 9.17) is 27.9 Å². The zero-order valence-electron chi connectivity index (χ0n) is 16.3. The molecule has 0 aliphatic carbocycles. The predicted molar refractivity (Wildman–Crippen MR) is 115 cm³/mol. The number of nitrogens with zero attached hydrogens (tertiary/aromatic N) is 2. The van der Waals surface area contributed by atoms with Crippen molar-refractivity contribution in [3.05, 3.63) is 64.1 Å². The molecule has 158 valence electrons. The highest BCUT2D eigenvalue weighted by Crippen LogP contribution is 2.25. The van der Waals surface area contributed by atoms with Crippen LogP contribution in [0.1, 0.15) is 17.3 Å². The number of anilines is 1. The molecular formula is C21H21Cl2N3O4. The van der Waals surface area contributed by atoms with E-state index in [0.29, 0.717) is 34.4 Å². The van der Waals surface area contributed by atoms with Crippen molar-refractivity contribution in [3.8, 4) is 0 Å². The minimum absolute atomic E-state index is 0.0850. The number of benzene rings is 2. The molecular weight excluding hydrogens is 429 g/mol. The number of ether oxygens (including phenoxy) is 1. The maximum Gasteiger partial charge on any atom is 0.338 e. The molecule has 1 aliphatic rings. The van der Waals surface area contributed by atoms with Gasteiger partial charge in [0.2, 0.25) is 5.91 Å². The lowest BCUT2D eigenvalue weighted by atomic mass is 10.2. The highest BCUT2D eigenvalue weighted by atomic mass is 35.5. The minimum Gasteiger partial charge on any atom is -0.460 e. The second-order valence-corrected chi connectivity index (χ2v) is 7.57. The van der Waals surface area contributed by atoms with E-state index in [-0.39, 0.29) is 19.1 Å². The number of carbonyl (C=O) groups is 3. The summed E-state index contributed by atoms with van der Waals surface area (Å²) in [5.41, 5.74) is 0.949. The second-order valence-electron chi connectivity index (χ2n) is 6.76. The molecule has 1 heterocycles. The molecule has 1 atom stereocenters. The fourth-order valence-electron chi connectivity index (χ4n) is 3.10. The molecule has 2 aromatic rings. The van der Waals surface area contributed by atoms with Gasteiger partial charge in [0, 0.05) is 18.8 Å². The number of piperazine rings is 1. The summed E-state index contributed by atoms with van der Waals surface area (Å²) in [6.45, 7) is 2.72. The van der Waals surface area contributed by atoms with Gasteiger partial charge in [-0.1, -0.05) is 41.4 Å². The summed E-state index contributed by atoms with van der Waals surface area (Å²) in [7, 11) is 0. The Morgan fingerprint density at radius 1 is 1.10 bits per heavy atom. The van der Waals surface area contributed by atoms with Gasteiger partial charge in [-0.15, -0.1) is 0 Å². The van der Waals surface area contributed by atoms with Crippen molar-refractivity contribution < 1.29 is 19.1 Å². The Hall–Kier alpha value is -2.77. The van der Waals surface area contributed by atoms with Gasteiger partial charge in [0.15, 0.2) is 0 Å². The fourth-order valence-corrected chi connectivity index (χ4v) is 3.40. The zero-order chi connectivity index (χ0) is 21.7. The zero-order valence-corrected chi connectivity index (χ0v) is 17.8. The number of urea groups is 1. The molecule has 3 amide bonds. The van der Waals surface area contributed by atoms with Crippen molar-refractivity contribution in [2.45, 2.75) is 13.0 Å². The van der Waals surface area contributed by atoms with E-state index in [0.717, 1.165) is 0 Å². The Kier molecular flexibility index (Phi) is 7.18. The van der Waals surface area contributed by atoms with Crippen LogP contribution < -0.4 is 5.32 Å². The first-order chi connectivity index (χ1) is 14.4. The van der Waals surface area contributed by atoms with E-state index in [9.17, 15) is 14.4 Å². The summed E-state index contributed by atoms with van der Waals surface area (Å²) in [5, 5.41) is 3.44. The van der Waals surface area contributed by atoms with Gasteiger partial charge in [-0.25, -0.2) is 9.59 Å². The van der Waals surface area contributed by atoms with Crippen LogP contribution in [0.2, 0.25) is 10.0 Å². The lowest BCUT2D eigenvalue weighted by Crippen LogP contribution is -2.58. The van der Waals surface area contributed by atoms with Crippen LogP contribution in [-0.2, 0) is 9.53 Å². The lowest BCUT2D eigenvalue weighted by Gasteiger charge is -2.38. The van der Waals surface area contributed by atoms with Crippen molar-refractivity contribution in [1.29, 1.82) is 0 Å². The van der Waals surface area contributed by atoms with Crippen LogP contribution >= 0.6 is 23.2 Å². The van der Waals surface area contributed by atoms with Crippen LogP contribution in [0.15, 0.2) is 48.5 Å². The maximum atomic E-state index is 12.7. The Morgan fingerprint density at radius 2 is 1.83 bits per heavy atom. The molecule has 30 heavy (non-hydrogen) atoms. The SMILES string of the molecule is C[C@H]1C(=O)N(CCOC(=O)c2ccccc2)CCN1C(=O)Nc1ccc(Cl)c(Cl)c1. The van der Waals surface area contributed by atoms with Gasteiger partial charge in [-0.2, -0.15) is 0 Å². The first-order valence-electron chi connectivity index (χ1n) is 9.40. The van der Waals surface area contributed by atoms with E-state index in [2.05, 4.69) is 5.32 Å². The van der Waals surface area contributed by atoms with Crippen molar-refractivity contribution in [3.63, 3.8) is 0 Å². The van der Waals surface area contributed by atoms with E-state index >= 15 is 0 Å². The third-order valence-electron chi connectivity index (χ3n) is 4.78. The van der Waals surface area contributed by atoms with E-state index < -0.39 is 18.0 Å². The van der Waals surface area contributed by atoms with Crippen LogP contribution in [-0.4, -0.2) is 60.0 Å². The Labute approximate surface area is 184 Å². The average Bonchev–Trinajstić information content (AvgIpc) is 2.74. The Morgan fingerprint density at radius 3 is 2.53 bits per heavy atom. The van der Waals surface area contributed by atoms with E-state index in [1.165, 1.54) is 4.90 Å². The van der Waals surface area contributed by atoms with Crippen molar-refractivity contribution in [2.24, 2.45) is 0 Å². The molecule has 0 unspecified atom stereocenters. The summed E-state index contributed by atoms with van der Waals surface area (Å²) in [5.74, 6) is -0.642. The molecule has 1 saturated heterocycles. The normalized spacial score (nSPS) is 16.4. The summed E-state index contributed by atoms with van der Waals surface area (Å²) < 4.78 is 5.24. The number of halogens is 2. The number of carbonyl (C=O) groups excluding carboxylic acids is 3. The molecule has 1 aliphatic heterocycles. The summed E-state index contributed by atoms with van der Waals surface area (Å²) in [6, 6.07) is 12.4. The lowest BCUT2D eigenvalue weighted by molar-refractivity contribution is -0.139. The standard InChI is InChI=1S/C21H21Cl2N3O4/c1-14-19(27)25(11-12-30-20(28)15-5-3-2-4-6-15)9-10-26(14)21(29)24-16-7-8-17(22)18(23)13-16/h2-8,13-14H,9-12H2,1H3,(H,24,29)/t14-/m0/s1. The van der Waals surface area contributed by atoms with Crippen LogP contribution in [0.3, 0.4) is 0 Å². The quantitative estimate of drug-likeness (QED) is 0.701. The molecule has 0 bridgehead atoms. The maximum absolute atomic E-state index is 12.7. The molecule has 0 radical (unpaired) electrons. The van der Waals surface area contributed by atoms with Gasteiger partial charge in [0.25, 0.3) is 0 Å². The van der Waals surface area contributed by atoms with Gasteiger partial charge in [0.1, 0.15) is 12.6 Å². The summed E-state index contributed by atoms with van der Waals surface area (Å²) in [6.07, 6.45) is 0. The van der Waals surface area contributed by atoms with Crippen LogP contribution in [0.25, 0.3) is 0 Å². The van der Waals surface area contributed by atoms with Crippen molar-refractivity contribution in [1.82, 2.24) is 9.80 Å². The molecule has 1 fully saturated rings. The average molecular weight is 450 g/mol. The first kappa shape index (κ1) is 21.9. The van der Waals surface area contributed by atoms with Gasteiger partial charge in [-0.05, 0) is 37.3 Å². The molecule has 1 N–H and O–H groups in total. The smallest absolute Gasteiger partial charge is 0.338 e. The number of rotatable bonds is 5. The third kappa shape index (κ3) is 5.23. The van der Waals surface area contributed by atoms with E-state index in [1.807, 2.05) is 6.07 Å². The fraction of sp³-hybridized carbons (Fsp3) is 0.286. The van der Waals surface area contributed by atoms with Crippen LogP contribution in [0.5, 0.6) is 0 Å². The monoisotopic (exact) mass is 449 g/mol. The molecule has 0 aromatic heterocycles. The first-order valence-corrected chi connectivity index (χ1v) is 10.2. The molecule has 0 saturated carbocycles. The molecule has 9 heteroatoms. The third-order valence-corrected chi connectivity index (χ3v) is 5.52. The number of hydrogen-bond donors (Lipinski definition) is 1. The topological polar surface area (TPSA) is 79.0 Å². The van der Waals surface area contributed by atoms with Crippen LogP contribution in [0, 0.1) is 0 Å². The van der Waals surface area contributed by atoms with Gasteiger partial charge in [0.05, 0.1) is 22.2 Å². The number of esters is 1. The minimum atomic E-state index is -0.647. The summed E-state index contributed by atoms with van der Waals surface area (Å²) in [4.78, 5) is 40.3. The molecule has 3 rings (SSSR count). The summed E-state index contributed by atoms with van der Waals surface area (Å²) >= 11 is 11.9. The largest absolute Gasteiger partial charge is 0.460 e. The van der Waals surface area contributed by atoms with Gasteiger partial charge < -0.3 is 19.9 Å². The van der Waals surface area contributed by atoms with Gasteiger partial charge in [-0.3, -0.25) is 4.79 Å². The van der Waals surface area contributed by atoms with Crippen LogP contribution in [0.4, 0.5) is 10.5 Å². The van der Waals surface area contributed by atoms with Gasteiger partial charge >= 0.3 is 12.0 Å². The molecule has 0 spiro atoms. The highest BCUT2D eigenvalue weighted by molar-refractivity contribution is 6.42. The number of amides is 3. The molecule has 7 nitrogen and oxygen atoms in total. The Bertz CT molecular complexity index is 939. The van der Waals surface area contributed by atoms with Crippen molar-refractivity contribution in [2.75, 3.05) is 31.6 Å².